The molecule has 4 heterocycles. The lowest BCUT2D eigenvalue weighted by Crippen LogP contribution is -2.36. The molecule has 0 spiro atoms. The van der Waals surface area contributed by atoms with Crippen LogP contribution in [-0.2, 0) is 29.5 Å². The lowest BCUT2D eigenvalue weighted by atomic mass is 10.0. The standard InChI is InChI=1S/C22H20N6O3S2/c29-22(25-12-17-6-3-9-24-21(17)28-15-23-14-26-28)20-19(8-11-32-20)33(30,31)27-10-7-16-4-1-2-5-18(16)13-27/h1-6,8-9,11,14-15H,7,10,12-13H2,(H,25,29). The van der Waals surface area contributed by atoms with Crippen molar-refractivity contribution in [1.29, 1.82) is 0 Å². The van der Waals surface area contributed by atoms with Crippen molar-refractivity contribution in [3.8, 4) is 5.82 Å². The molecule has 0 unspecified atom stereocenters. The molecule has 1 N–H and O–H groups in total. The van der Waals surface area contributed by atoms with Crippen molar-refractivity contribution in [3.63, 3.8) is 0 Å². The number of rotatable bonds is 6. The summed E-state index contributed by atoms with van der Waals surface area (Å²) in [7, 11) is -3.82. The zero-order valence-electron chi connectivity index (χ0n) is 17.5. The second-order valence-corrected chi connectivity index (χ2v) is 10.3. The number of hydrogen-bond acceptors (Lipinski definition) is 7. The number of amides is 1. The fourth-order valence-electron chi connectivity index (χ4n) is 3.83. The number of pyridine rings is 1. The number of nitrogens with zero attached hydrogens (tertiary/aromatic N) is 5. The molecule has 1 aliphatic heterocycles. The molecule has 1 amide bonds. The summed E-state index contributed by atoms with van der Waals surface area (Å²) >= 11 is 1.11. The van der Waals surface area contributed by atoms with Crippen molar-refractivity contribution >= 4 is 27.3 Å². The third kappa shape index (κ3) is 4.17. The van der Waals surface area contributed by atoms with Gasteiger partial charge in [-0.15, -0.1) is 11.3 Å². The molecule has 9 nitrogen and oxygen atoms in total. The Kier molecular flexibility index (Phi) is 5.75. The third-order valence-corrected chi connectivity index (χ3v) is 8.42. The molecule has 1 aliphatic rings. The summed E-state index contributed by atoms with van der Waals surface area (Å²) in [6.07, 6.45) is 5.20. The molecule has 0 saturated carbocycles. The molecule has 0 aliphatic carbocycles. The highest BCUT2D eigenvalue weighted by Gasteiger charge is 2.32. The van der Waals surface area contributed by atoms with E-state index in [1.54, 1.807) is 17.6 Å². The van der Waals surface area contributed by atoms with Crippen molar-refractivity contribution in [2.75, 3.05) is 6.54 Å². The molecule has 168 valence electrons. The van der Waals surface area contributed by atoms with Gasteiger partial charge in [0.05, 0.1) is 0 Å². The van der Waals surface area contributed by atoms with Gasteiger partial charge in [0.1, 0.15) is 22.4 Å². The Morgan fingerprint density at radius 2 is 1.97 bits per heavy atom. The topological polar surface area (TPSA) is 110 Å². The van der Waals surface area contributed by atoms with E-state index in [-0.39, 0.29) is 16.3 Å². The van der Waals surface area contributed by atoms with Gasteiger partial charge in [0.15, 0.2) is 5.82 Å². The van der Waals surface area contributed by atoms with Gasteiger partial charge in [-0.25, -0.2) is 23.1 Å². The van der Waals surface area contributed by atoms with Crippen LogP contribution in [0.25, 0.3) is 5.82 Å². The van der Waals surface area contributed by atoms with Crippen molar-refractivity contribution in [2.24, 2.45) is 0 Å². The Hall–Kier alpha value is -3.41. The quantitative estimate of drug-likeness (QED) is 0.454. The van der Waals surface area contributed by atoms with Crippen molar-refractivity contribution in [1.82, 2.24) is 29.4 Å². The van der Waals surface area contributed by atoms with Gasteiger partial charge in [-0.1, -0.05) is 30.3 Å². The molecule has 4 aromatic rings. The number of carbonyl (C=O) groups is 1. The fourth-order valence-corrected chi connectivity index (χ4v) is 6.56. The summed E-state index contributed by atoms with van der Waals surface area (Å²) in [5.74, 6) is 0.0932. The van der Waals surface area contributed by atoms with Crippen LogP contribution >= 0.6 is 11.3 Å². The molecule has 0 bridgehead atoms. The van der Waals surface area contributed by atoms with E-state index >= 15 is 0 Å². The van der Waals surface area contributed by atoms with Crippen molar-refractivity contribution in [3.05, 3.63) is 88.3 Å². The highest BCUT2D eigenvalue weighted by atomic mass is 32.2. The van der Waals surface area contributed by atoms with Gasteiger partial charge in [0, 0.05) is 31.4 Å². The Bertz CT molecular complexity index is 1400. The monoisotopic (exact) mass is 480 g/mol. The summed E-state index contributed by atoms with van der Waals surface area (Å²) in [5.41, 5.74) is 2.88. The van der Waals surface area contributed by atoms with Gasteiger partial charge in [-0.05, 0) is 35.1 Å². The largest absolute Gasteiger partial charge is 0.347 e. The van der Waals surface area contributed by atoms with Crippen LogP contribution in [0.5, 0.6) is 0 Å². The summed E-state index contributed by atoms with van der Waals surface area (Å²) in [6.45, 7) is 0.843. The van der Waals surface area contributed by atoms with Crippen LogP contribution in [0.15, 0.2) is 71.6 Å². The zero-order valence-corrected chi connectivity index (χ0v) is 19.1. The van der Waals surface area contributed by atoms with E-state index in [4.69, 9.17) is 0 Å². The molecule has 0 radical (unpaired) electrons. The third-order valence-electron chi connectivity index (χ3n) is 5.49. The average Bonchev–Trinajstić information content (AvgIpc) is 3.55. The van der Waals surface area contributed by atoms with E-state index in [9.17, 15) is 13.2 Å². The number of fused-ring (bicyclic) bond motifs is 1. The number of sulfonamides is 1. The van der Waals surface area contributed by atoms with E-state index in [0.717, 1.165) is 28.0 Å². The Balaban J connectivity index is 1.35. The Morgan fingerprint density at radius 1 is 1.12 bits per heavy atom. The molecule has 33 heavy (non-hydrogen) atoms. The van der Waals surface area contributed by atoms with Crippen LogP contribution in [0.4, 0.5) is 0 Å². The van der Waals surface area contributed by atoms with Crippen LogP contribution in [0.1, 0.15) is 26.4 Å². The lowest BCUT2D eigenvalue weighted by molar-refractivity contribution is 0.0952. The van der Waals surface area contributed by atoms with Crippen LogP contribution in [0.2, 0.25) is 0 Å². The first-order valence-corrected chi connectivity index (χ1v) is 12.6. The maximum atomic E-state index is 13.4. The van der Waals surface area contributed by atoms with Gasteiger partial charge in [-0.3, -0.25) is 4.79 Å². The number of thiophene rings is 1. The molecule has 0 fully saturated rings. The minimum absolute atomic E-state index is 0.0343. The minimum Gasteiger partial charge on any atom is -0.347 e. The van der Waals surface area contributed by atoms with Crippen LogP contribution in [0, 0.1) is 0 Å². The maximum Gasteiger partial charge on any atom is 0.263 e. The van der Waals surface area contributed by atoms with E-state index in [0.29, 0.717) is 25.3 Å². The highest BCUT2D eigenvalue weighted by molar-refractivity contribution is 7.89. The molecule has 5 rings (SSSR count). The molecular formula is C22H20N6O3S2. The zero-order chi connectivity index (χ0) is 22.8. The summed E-state index contributed by atoms with van der Waals surface area (Å²) in [5, 5.41) is 8.54. The number of hydrogen-bond donors (Lipinski definition) is 1. The second kappa shape index (κ2) is 8.85. The van der Waals surface area contributed by atoms with E-state index in [1.807, 2.05) is 30.3 Å². The van der Waals surface area contributed by atoms with E-state index in [2.05, 4.69) is 20.4 Å². The van der Waals surface area contributed by atoms with E-state index in [1.165, 1.54) is 27.7 Å². The molecule has 0 saturated heterocycles. The first-order valence-electron chi connectivity index (χ1n) is 10.3. The SMILES string of the molecule is O=C(NCc1cccnc1-n1cncn1)c1sccc1S(=O)(=O)N1CCc2ccccc2C1. The van der Waals surface area contributed by atoms with E-state index < -0.39 is 15.9 Å². The van der Waals surface area contributed by atoms with Crippen molar-refractivity contribution < 1.29 is 13.2 Å². The van der Waals surface area contributed by atoms with Crippen molar-refractivity contribution in [2.45, 2.75) is 24.4 Å². The molecule has 11 heteroatoms. The maximum absolute atomic E-state index is 13.4. The molecule has 0 atom stereocenters. The number of benzene rings is 1. The second-order valence-electron chi connectivity index (χ2n) is 7.48. The van der Waals surface area contributed by atoms with Crippen LogP contribution in [0.3, 0.4) is 0 Å². The lowest BCUT2D eigenvalue weighted by Gasteiger charge is -2.28. The molecule has 3 aromatic heterocycles. The summed E-state index contributed by atoms with van der Waals surface area (Å²) in [4.78, 5) is 21.4. The number of carbonyl (C=O) groups excluding carboxylic acids is 1. The van der Waals surface area contributed by atoms with Gasteiger partial charge < -0.3 is 5.32 Å². The molecule has 1 aromatic carbocycles. The Labute approximate surface area is 194 Å². The van der Waals surface area contributed by atoms with Crippen LogP contribution in [-0.4, -0.2) is 44.9 Å². The van der Waals surface area contributed by atoms with Gasteiger partial charge >= 0.3 is 0 Å². The van der Waals surface area contributed by atoms with Gasteiger partial charge in [-0.2, -0.15) is 9.40 Å². The molecular weight excluding hydrogens is 460 g/mol. The van der Waals surface area contributed by atoms with Gasteiger partial charge in [0.2, 0.25) is 10.0 Å². The summed E-state index contributed by atoms with van der Waals surface area (Å²) in [6, 6.07) is 12.9. The highest BCUT2D eigenvalue weighted by Crippen LogP contribution is 2.29. The Morgan fingerprint density at radius 3 is 2.79 bits per heavy atom. The number of aromatic nitrogens is 4. The predicted octanol–water partition coefficient (Wildman–Crippen LogP) is 2.40. The van der Waals surface area contributed by atoms with Gasteiger partial charge in [0.25, 0.3) is 5.91 Å². The predicted molar refractivity (Wildman–Crippen MR) is 122 cm³/mol. The average molecular weight is 481 g/mol. The fraction of sp³-hybridized carbons (Fsp3) is 0.182. The summed E-state index contributed by atoms with van der Waals surface area (Å²) < 4.78 is 29.7. The first kappa shape index (κ1) is 21.4. The minimum atomic E-state index is -3.82. The number of nitrogens with one attached hydrogen (secondary N) is 1. The van der Waals surface area contributed by atoms with Crippen LogP contribution < -0.4 is 5.32 Å². The normalized spacial score (nSPS) is 14.1. The smallest absolute Gasteiger partial charge is 0.263 e. The first-order chi connectivity index (χ1) is 16.0.